The Kier molecular flexibility index (Phi) is 3.96. The number of halogens is 1. The lowest BCUT2D eigenvalue weighted by Crippen LogP contribution is -2.02. The standard InChI is InChI=1S/C8H10ClO2P/c9-7-3-1-6(2-4-7)8(10)5-11-12/h1-4,8,10H,5,12H2/t8-/m1/s1. The highest BCUT2D eigenvalue weighted by atomic mass is 35.5. The zero-order chi connectivity index (χ0) is 8.97. The van der Waals surface area contributed by atoms with E-state index in [4.69, 9.17) is 16.1 Å². The molecule has 0 saturated carbocycles. The maximum Gasteiger partial charge on any atom is 0.103 e. The van der Waals surface area contributed by atoms with Gasteiger partial charge in [-0.3, -0.25) is 0 Å². The normalized spacial score (nSPS) is 12.9. The lowest BCUT2D eigenvalue weighted by molar-refractivity contribution is 0.119. The molecule has 0 radical (unpaired) electrons. The number of hydrogen-bond acceptors (Lipinski definition) is 2. The first kappa shape index (κ1) is 9.94. The third-order valence-corrected chi connectivity index (χ3v) is 1.95. The van der Waals surface area contributed by atoms with Crippen LogP contribution in [-0.2, 0) is 4.52 Å². The predicted molar refractivity (Wildman–Crippen MR) is 52.1 cm³/mol. The summed E-state index contributed by atoms with van der Waals surface area (Å²) in [5, 5.41) is 10.1. The summed E-state index contributed by atoms with van der Waals surface area (Å²) in [4.78, 5) is 0. The van der Waals surface area contributed by atoms with Crippen LogP contribution in [0.5, 0.6) is 0 Å². The van der Waals surface area contributed by atoms with Crippen LogP contribution in [0.4, 0.5) is 0 Å². The number of rotatable bonds is 3. The third kappa shape index (κ3) is 2.72. The molecule has 1 aromatic carbocycles. The van der Waals surface area contributed by atoms with E-state index in [2.05, 4.69) is 9.47 Å². The van der Waals surface area contributed by atoms with E-state index in [1.807, 2.05) is 0 Å². The summed E-state index contributed by atoms with van der Waals surface area (Å²) < 4.78 is 4.72. The molecule has 1 rings (SSSR count). The molecule has 0 spiro atoms. The van der Waals surface area contributed by atoms with Gasteiger partial charge in [-0.25, -0.2) is 0 Å². The molecule has 0 fully saturated rings. The Labute approximate surface area is 78.8 Å². The highest BCUT2D eigenvalue weighted by molar-refractivity contribution is 7.09. The van der Waals surface area contributed by atoms with Gasteiger partial charge in [0.2, 0.25) is 0 Å². The Balaban J connectivity index is 2.68. The molecular formula is C8H10ClO2P. The molecule has 4 heteroatoms. The van der Waals surface area contributed by atoms with E-state index in [0.29, 0.717) is 5.02 Å². The molecule has 2 atom stereocenters. The Morgan fingerprint density at radius 3 is 2.50 bits per heavy atom. The average Bonchev–Trinajstić information content (AvgIpc) is 2.06. The van der Waals surface area contributed by atoms with Crippen molar-refractivity contribution in [3.63, 3.8) is 0 Å². The predicted octanol–water partition coefficient (Wildman–Crippen LogP) is 2.18. The number of benzene rings is 1. The van der Waals surface area contributed by atoms with Crippen LogP contribution < -0.4 is 0 Å². The molecule has 0 heterocycles. The van der Waals surface area contributed by atoms with Crippen LogP contribution in [0.15, 0.2) is 24.3 Å². The van der Waals surface area contributed by atoms with Crippen LogP contribution in [-0.4, -0.2) is 11.7 Å². The molecular weight excluding hydrogens is 195 g/mol. The fourth-order valence-corrected chi connectivity index (χ4v) is 1.18. The zero-order valence-electron chi connectivity index (χ0n) is 6.40. The fourth-order valence-electron chi connectivity index (χ4n) is 0.872. The second-order valence-corrected chi connectivity index (χ2v) is 3.17. The van der Waals surface area contributed by atoms with E-state index >= 15 is 0 Å². The van der Waals surface area contributed by atoms with Crippen molar-refractivity contribution < 1.29 is 9.63 Å². The summed E-state index contributed by atoms with van der Waals surface area (Å²) in [6, 6.07) is 7.03. The van der Waals surface area contributed by atoms with E-state index in [-0.39, 0.29) is 6.61 Å². The second-order valence-electron chi connectivity index (χ2n) is 2.40. The van der Waals surface area contributed by atoms with Crippen LogP contribution in [0.2, 0.25) is 5.02 Å². The van der Waals surface area contributed by atoms with Gasteiger partial charge in [0.15, 0.2) is 0 Å². The Morgan fingerprint density at radius 1 is 1.42 bits per heavy atom. The van der Waals surface area contributed by atoms with E-state index in [0.717, 1.165) is 5.56 Å². The largest absolute Gasteiger partial charge is 0.386 e. The van der Waals surface area contributed by atoms with Crippen LogP contribution in [0.3, 0.4) is 0 Å². The topological polar surface area (TPSA) is 29.5 Å². The third-order valence-electron chi connectivity index (χ3n) is 1.51. The minimum atomic E-state index is -0.584. The summed E-state index contributed by atoms with van der Waals surface area (Å²) in [5.74, 6) is 0. The molecule has 1 N–H and O–H groups in total. The van der Waals surface area contributed by atoms with E-state index in [1.165, 1.54) is 0 Å². The monoisotopic (exact) mass is 204 g/mol. The number of hydrogen-bond donors (Lipinski definition) is 1. The molecule has 66 valence electrons. The minimum absolute atomic E-state index is 0.270. The van der Waals surface area contributed by atoms with Crippen molar-refractivity contribution >= 4 is 21.1 Å². The maximum absolute atomic E-state index is 9.43. The van der Waals surface area contributed by atoms with Crippen molar-refractivity contribution in [2.24, 2.45) is 0 Å². The van der Waals surface area contributed by atoms with Crippen molar-refractivity contribution in [1.29, 1.82) is 0 Å². The van der Waals surface area contributed by atoms with Gasteiger partial charge in [-0.05, 0) is 17.7 Å². The summed E-state index contributed by atoms with van der Waals surface area (Å²) in [6.45, 7) is 0.270. The smallest absolute Gasteiger partial charge is 0.103 e. The molecule has 0 saturated heterocycles. The average molecular weight is 205 g/mol. The van der Waals surface area contributed by atoms with Gasteiger partial charge in [0.05, 0.1) is 6.61 Å². The Bertz CT molecular complexity index is 237. The van der Waals surface area contributed by atoms with Gasteiger partial charge in [0.25, 0.3) is 0 Å². The molecule has 12 heavy (non-hydrogen) atoms. The molecule has 1 aromatic rings. The Morgan fingerprint density at radius 2 is 2.00 bits per heavy atom. The highest BCUT2D eigenvalue weighted by Gasteiger charge is 2.05. The number of aliphatic hydroxyl groups excluding tert-OH is 1. The van der Waals surface area contributed by atoms with Crippen molar-refractivity contribution in [2.75, 3.05) is 6.61 Å². The SMILES string of the molecule is O[C@H](COP)c1ccc(Cl)cc1. The zero-order valence-corrected chi connectivity index (χ0v) is 8.32. The van der Waals surface area contributed by atoms with Gasteiger partial charge in [0, 0.05) is 14.5 Å². The molecule has 0 aliphatic rings. The maximum atomic E-state index is 9.43. The lowest BCUT2D eigenvalue weighted by atomic mass is 10.1. The first-order chi connectivity index (χ1) is 5.74. The summed E-state index contributed by atoms with van der Waals surface area (Å²) >= 11 is 5.68. The van der Waals surface area contributed by atoms with Crippen LogP contribution in [0, 0.1) is 0 Å². The minimum Gasteiger partial charge on any atom is -0.386 e. The summed E-state index contributed by atoms with van der Waals surface area (Å²) in [7, 11) is 2.10. The van der Waals surface area contributed by atoms with Crippen molar-refractivity contribution in [3.05, 3.63) is 34.9 Å². The quantitative estimate of drug-likeness (QED) is 0.765. The van der Waals surface area contributed by atoms with Crippen LogP contribution in [0.25, 0.3) is 0 Å². The van der Waals surface area contributed by atoms with Crippen LogP contribution in [0.1, 0.15) is 11.7 Å². The second kappa shape index (κ2) is 4.78. The van der Waals surface area contributed by atoms with E-state index in [9.17, 15) is 5.11 Å². The molecule has 0 aliphatic heterocycles. The van der Waals surface area contributed by atoms with Crippen LogP contribution >= 0.6 is 21.1 Å². The molecule has 0 bridgehead atoms. The summed E-state index contributed by atoms with van der Waals surface area (Å²) in [5.41, 5.74) is 0.807. The van der Waals surface area contributed by atoms with Gasteiger partial charge in [0.1, 0.15) is 6.10 Å². The first-order valence-corrected chi connectivity index (χ1v) is 4.34. The van der Waals surface area contributed by atoms with Gasteiger partial charge in [-0.2, -0.15) is 0 Å². The molecule has 0 amide bonds. The van der Waals surface area contributed by atoms with E-state index < -0.39 is 6.10 Å². The van der Waals surface area contributed by atoms with Gasteiger partial charge >= 0.3 is 0 Å². The molecule has 1 unspecified atom stereocenters. The van der Waals surface area contributed by atoms with Crippen molar-refractivity contribution in [2.45, 2.75) is 6.10 Å². The van der Waals surface area contributed by atoms with E-state index in [1.54, 1.807) is 24.3 Å². The van der Waals surface area contributed by atoms with Crippen molar-refractivity contribution in [3.8, 4) is 0 Å². The summed E-state index contributed by atoms with van der Waals surface area (Å²) in [6.07, 6.45) is -0.584. The van der Waals surface area contributed by atoms with Gasteiger partial charge in [-0.15, -0.1) is 0 Å². The molecule has 0 aromatic heterocycles. The van der Waals surface area contributed by atoms with Gasteiger partial charge < -0.3 is 9.63 Å². The molecule has 2 nitrogen and oxygen atoms in total. The lowest BCUT2D eigenvalue weighted by Gasteiger charge is -2.08. The Hall–Kier alpha value is -0.140. The fraction of sp³-hybridized carbons (Fsp3) is 0.250. The number of aliphatic hydroxyl groups is 1. The first-order valence-electron chi connectivity index (χ1n) is 3.49. The van der Waals surface area contributed by atoms with Gasteiger partial charge in [-0.1, -0.05) is 23.7 Å². The van der Waals surface area contributed by atoms with Crippen molar-refractivity contribution in [1.82, 2.24) is 0 Å². The molecule has 0 aliphatic carbocycles. The highest BCUT2D eigenvalue weighted by Crippen LogP contribution is 2.16.